The van der Waals surface area contributed by atoms with Crippen LogP contribution in [0.15, 0.2) is 23.1 Å². The van der Waals surface area contributed by atoms with Crippen molar-refractivity contribution in [1.82, 2.24) is 9.62 Å². The molecule has 3 N–H and O–H groups in total. The molecule has 1 amide bonds. The van der Waals surface area contributed by atoms with Crippen molar-refractivity contribution >= 4 is 21.8 Å². The predicted molar refractivity (Wildman–Crippen MR) is 84.9 cm³/mol. The summed E-state index contributed by atoms with van der Waals surface area (Å²) in [5.41, 5.74) is 4.81. The van der Waals surface area contributed by atoms with E-state index in [9.17, 15) is 17.6 Å². The van der Waals surface area contributed by atoms with Crippen molar-refractivity contribution in [1.29, 1.82) is 0 Å². The Morgan fingerprint density at radius 2 is 1.96 bits per heavy atom. The smallest absolute Gasteiger partial charge is 0.410 e. The number of carbonyl (C=O) groups excluding carboxylic acids is 1. The molecule has 0 aliphatic carbocycles. The van der Waals surface area contributed by atoms with E-state index in [0.29, 0.717) is 0 Å². The van der Waals surface area contributed by atoms with Crippen molar-refractivity contribution in [2.75, 3.05) is 25.9 Å². The molecule has 0 saturated heterocycles. The quantitative estimate of drug-likeness (QED) is 0.787. The molecule has 130 valence electrons. The summed E-state index contributed by atoms with van der Waals surface area (Å²) in [5, 5.41) is 0. The molecule has 0 radical (unpaired) electrons. The van der Waals surface area contributed by atoms with Crippen LogP contribution in [-0.4, -0.2) is 45.1 Å². The van der Waals surface area contributed by atoms with Gasteiger partial charge in [0.2, 0.25) is 10.0 Å². The lowest BCUT2D eigenvalue weighted by Gasteiger charge is -2.24. The standard InChI is InChI=1S/C14H22FN3O4S/c1-14(2,3)22-13(19)18(4)6-5-17-23(20,21)12-8-10(15)7-11(16)9-12/h7-9,17H,5-6,16H2,1-4H3. The average Bonchev–Trinajstić information content (AvgIpc) is 2.35. The predicted octanol–water partition coefficient (Wildman–Crippen LogP) is 1.55. The summed E-state index contributed by atoms with van der Waals surface area (Å²) in [5.74, 6) is -0.740. The average molecular weight is 347 g/mol. The zero-order chi connectivity index (χ0) is 17.8. The van der Waals surface area contributed by atoms with E-state index in [1.54, 1.807) is 20.8 Å². The van der Waals surface area contributed by atoms with Gasteiger partial charge in [-0.15, -0.1) is 0 Å². The number of amides is 1. The van der Waals surface area contributed by atoms with Crippen LogP contribution in [0.1, 0.15) is 20.8 Å². The Kier molecular flexibility index (Phi) is 5.95. The van der Waals surface area contributed by atoms with E-state index in [2.05, 4.69) is 4.72 Å². The minimum Gasteiger partial charge on any atom is -0.444 e. The summed E-state index contributed by atoms with van der Waals surface area (Å²) >= 11 is 0. The molecule has 0 unspecified atom stereocenters. The molecular weight excluding hydrogens is 325 g/mol. The molecular formula is C14H22FN3O4S. The van der Waals surface area contributed by atoms with Gasteiger partial charge in [-0.25, -0.2) is 22.3 Å². The first kappa shape index (κ1) is 19.2. The van der Waals surface area contributed by atoms with E-state index < -0.39 is 27.5 Å². The lowest BCUT2D eigenvalue weighted by Crippen LogP contribution is -2.39. The maximum Gasteiger partial charge on any atom is 0.410 e. The van der Waals surface area contributed by atoms with Crippen LogP contribution in [0.25, 0.3) is 0 Å². The highest BCUT2D eigenvalue weighted by Gasteiger charge is 2.20. The van der Waals surface area contributed by atoms with Gasteiger partial charge < -0.3 is 15.4 Å². The Morgan fingerprint density at radius 1 is 1.35 bits per heavy atom. The summed E-state index contributed by atoms with van der Waals surface area (Å²) < 4.78 is 44.7. The van der Waals surface area contributed by atoms with E-state index in [1.807, 2.05) is 0 Å². The fraction of sp³-hybridized carbons (Fsp3) is 0.500. The molecule has 0 saturated carbocycles. The second-order valence-electron chi connectivity index (χ2n) is 6.02. The lowest BCUT2D eigenvalue weighted by atomic mass is 10.2. The van der Waals surface area contributed by atoms with Gasteiger partial charge in [-0.05, 0) is 39.0 Å². The third kappa shape index (κ3) is 6.41. The van der Waals surface area contributed by atoms with Crippen molar-refractivity contribution < 1.29 is 22.3 Å². The molecule has 0 spiro atoms. The van der Waals surface area contributed by atoms with Crippen molar-refractivity contribution in [3.63, 3.8) is 0 Å². The van der Waals surface area contributed by atoms with Crippen LogP contribution in [0.2, 0.25) is 0 Å². The Morgan fingerprint density at radius 3 is 2.48 bits per heavy atom. The number of halogens is 1. The number of anilines is 1. The number of benzene rings is 1. The monoisotopic (exact) mass is 347 g/mol. The minimum absolute atomic E-state index is 0.0104. The molecule has 1 rings (SSSR count). The van der Waals surface area contributed by atoms with Gasteiger partial charge in [0.05, 0.1) is 4.90 Å². The Hall–Kier alpha value is -1.87. The van der Waals surface area contributed by atoms with Gasteiger partial charge in [0.25, 0.3) is 0 Å². The van der Waals surface area contributed by atoms with Crippen LogP contribution in [0.4, 0.5) is 14.9 Å². The number of rotatable bonds is 5. The molecule has 0 heterocycles. The van der Waals surface area contributed by atoms with E-state index in [4.69, 9.17) is 10.5 Å². The molecule has 0 aliphatic heterocycles. The van der Waals surface area contributed by atoms with Crippen molar-refractivity contribution in [2.45, 2.75) is 31.3 Å². The first-order valence-electron chi connectivity index (χ1n) is 6.90. The van der Waals surface area contributed by atoms with Crippen LogP contribution < -0.4 is 10.5 Å². The number of nitrogens with two attached hydrogens (primary N) is 1. The second kappa shape index (κ2) is 7.14. The molecule has 1 aromatic rings. The molecule has 0 aliphatic rings. The van der Waals surface area contributed by atoms with E-state index in [-0.39, 0.29) is 23.7 Å². The molecule has 7 nitrogen and oxygen atoms in total. The van der Waals surface area contributed by atoms with Crippen molar-refractivity contribution in [3.05, 3.63) is 24.0 Å². The summed E-state index contributed by atoms with van der Waals surface area (Å²) in [4.78, 5) is 12.7. The third-order valence-corrected chi connectivity index (χ3v) is 4.09. The van der Waals surface area contributed by atoms with Gasteiger partial charge in [0.15, 0.2) is 0 Å². The number of nitrogens with one attached hydrogen (secondary N) is 1. The lowest BCUT2D eigenvalue weighted by molar-refractivity contribution is 0.0302. The summed E-state index contributed by atoms with van der Waals surface area (Å²) in [6, 6.07) is 3.05. The van der Waals surface area contributed by atoms with Crippen LogP contribution in [-0.2, 0) is 14.8 Å². The fourth-order valence-electron chi connectivity index (χ4n) is 1.60. The van der Waals surface area contributed by atoms with E-state index >= 15 is 0 Å². The number of nitrogen functional groups attached to an aromatic ring is 1. The van der Waals surface area contributed by atoms with Crippen LogP contribution >= 0.6 is 0 Å². The van der Waals surface area contributed by atoms with Gasteiger partial charge in [-0.1, -0.05) is 0 Å². The maximum atomic E-state index is 13.2. The molecule has 23 heavy (non-hydrogen) atoms. The molecule has 1 aromatic carbocycles. The van der Waals surface area contributed by atoms with Gasteiger partial charge >= 0.3 is 6.09 Å². The normalized spacial score (nSPS) is 12.0. The zero-order valence-corrected chi connectivity index (χ0v) is 14.4. The third-order valence-electron chi connectivity index (χ3n) is 2.65. The molecule has 9 heteroatoms. The van der Waals surface area contributed by atoms with Crippen LogP contribution in [0.5, 0.6) is 0 Å². The summed E-state index contributed by atoms with van der Waals surface area (Å²) in [6.45, 7) is 5.24. The molecule has 0 aromatic heterocycles. The topological polar surface area (TPSA) is 102 Å². The Balaban J connectivity index is 2.62. The first-order valence-corrected chi connectivity index (χ1v) is 8.39. The van der Waals surface area contributed by atoms with Gasteiger partial charge in [-0.3, -0.25) is 0 Å². The number of hydrogen-bond acceptors (Lipinski definition) is 5. The number of hydrogen-bond donors (Lipinski definition) is 2. The zero-order valence-electron chi connectivity index (χ0n) is 13.6. The first-order chi connectivity index (χ1) is 10.4. The highest BCUT2D eigenvalue weighted by atomic mass is 32.2. The summed E-state index contributed by atoms with van der Waals surface area (Å²) in [6.07, 6.45) is -0.563. The van der Waals surface area contributed by atoms with E-state index in [1.165, 1.54) is 11.9 Å². The number of ether oxygens (including phenoxy) is 1. The number of carbonyl (C=O) groups is 1. The van der Waals surface area contributed by atoms with Gasteiger partial charge in [-0.2, -0.15) is 0 Å². The molecule has 0 fully saturated rings. The largest absolute Gasteiger partial charge is 0.444 e. The highest BCUT2D eigenvalue weighted by molar-refractivity contribution is 7.89. The number of sulfonamides is 1. The number of nitrogens with zero attached hydrogens (tertiary/aromatic N) is 1. The van der Waals surface area contributed by atoms with Crippen molar-refractivity contribution in [3.8, 4) is 0 Å². The summed E-state index contributed by atoms with van der Waals surface area (Å²) in [7, 11) is -2.42. The molecule has 0 atom stereocenters. The van der Waals surface area contributed by atoms with Crippen LogP contribution in [0, 0.1) is 5.82 Å². The van der Waals surface area contributed by atoms with Gasteiger partial charge in [0.1, 0.15) is 11.4 Å². The molecule has 0 bridgehead atoms. The Bertz CT molecular complexity index is 651. The SMILES string of the molecule is CN(CCNS(=O)(=O)c1cc(N)cc(F)c1)C(=O)OC(C)(C)C. The Labute approximate surface area is 135 Å². The fourth-order valence-corrected chi connectivity index (χ4v) is 2.69. The minimum atomic E-state index is -3.91. The highest BCUT2D eigenvalue weighted by Crippen LogP contribution is 2.15. The maximum absolute atomic E-state index is 13.2. The van der Waals surface area contributed by atoms with Gasteiger partial charge in [0, 0.05) is 25.8 Å². The van der Waals surface area contributed by atoms with Crippen molar-refractivity contribution in [2.24, 2.45) is 0 Å². The van der Waals surface area contributed by atoms with Crippen LogP contribution in [0.3, 0.4) is 0 Å². The second-order valence-corrected chi connectivity index (χ2v) is 7.79. The number of likely N-dealkylation sites (N-methyl/N-ethyl adjacent to an activating group) is 1. The van der Waals surface area contributed by atoms with E-state index in [0.717, 1.165) is 18.2 Å².